The Morgan fingerprint density at radius 3 is 2.37 bits per heavy atom. The third-order valence-corrected chi connectivity index (χ3v) is 7.29. The number of ether oxygens (including phenoxy) is 4. The Labute approximate surface area is 179 Å². The fraction of sp³-hybridized carbons (Fsp3) is 0.478. The Balaban J connectivity index is 1.73. The summed E-state index contributed by atoms with van der Waals surface area (Å²) in [5.41, 5.74) is -1.67. The van der Waals surface area contributed by atoms with E-state index in [2.05, 4.69) is 0 Å². The Morgan fingerprint density at radius 2 is 1.73 bits per heavy atom. The van der Waals surface area contributed by atoms with Gasteiger partial charge in [-0.15, -0.1) is 0 Å². The second-order valence-electron chi connectivity index (χ2n) is 8.32. The second kappa shape index (κ2) is 8.05. The number of aliphatic hydroxyl groups is 1. The van der Waals surface area contributed by atoms with Gasteiger partial charge in [-0.25, -0.2) is 0 Å². The van der Waals surface area contributed by atoms with Gasteiger partial charge in [0.15, 0.2) is 11.2 Å². The maximum Gasteiger partial charge on any atom is 0.169 e. The molecule has 2 aliphatic rings. The number of rotatable bonds is 5. The van der Waals surface area contributed by atoms with Crippen molar-refractivity contribution >= 4 is 10.8 Å². The van der Waals surface area contributed by atoms with Crippen LogP contribution in [0.2, 0.25) is 0 Å². The van der Waals surface area contributed by atoms with Crippen LogP contribution in [0.25, 0.3) is 0 Å². The molecule has 6 nitrogen and oxygen atoms in total. The van der Waals surface area contributed by atoms with Crippen LogP contribution < -0.4 is 4.74 Å². The number of methoxy groups -OCH3 is 1. The highest BCUT2D eigenvalue weighted by molar-refractivity contribution is 7.85. The van der Waals surface area contributed by atoms with E-state index < -0.39 is 39.8 Å². The SMILES string of the molecule is COc1ccc(C[C@@]2(O)C(S(=O)c3ccccc3)O[C@@H](C)[C@H]3OC(C)(C)O[C@H]32)cc1. The van der Waals surface area contributed by atoms with E-state index >= 15 is 0 Å². The highest BCUT2D eigenvalue weighted by Gasteiger charge is 2.63. The van der Waals surface area contributed by atoms with Crippen molar-refractivity contribution in [1.82, 2.24) is 0 Å². The Bertz CT molecular complexity index is 900. The summed E-state index contributed by atoms with van der Waals surface area (Å²) in [7, 11) is -0.000865. The largest absolute Gasteiger partial charge is 0.497 e. The van der Waals surface area contributed by atoms with Crippen LogP contribution in [0.3, 0.4) is 0 Å². The second-order valence-corrected chi connectivity index (χ2v) is 9.81. The van der Waals surface area contributed by atoms with Gasteiger partial charge in [0.2, 0.25) is 0 Å². The van der Waals surface area contributed by atoms with Crippen LogP contribution in [-0.2, 0) is 31.4 Å². The van der Waals surface area contributed by atoms with Crippen LogP contribution in [0, 0.1) is 0 Å². The number of fused-ring (bicyclic) bond motifs is 1. The first-order valence-corrected chi connectivity index (χ1v) is 11.3. The smallest absolute Gasteiger partial charge is 0.169 e. The van der Waals surface area contributed by atoms with Crippen LogP contribution >= 0.6 is 0 Å². The summed E-state index contributed by atoms with van der Waals surface area (Å²) in [5.74, 6) is -0.146. The van der Waals surface area contributed by atoms with Gasteiger partial charge < -0.3 is 24.1 Å². The van der Waals surface area contributed by atoms with Crippen LogP contribution in [0.1, 0.15) is 26.3 Å². The Hall–Kier alpha value is -1.77. The maximum absolute atomic E-state index is 13.5. The molecular formula is C23H28O6S. The minimum absolute atomic E-state index is 0.202. The van der Waals surface area contributed by atoms with Gasteiger partial charge in [-0.1, -0.05) is 30.3 Å². The predicted octanol–water partition coefficient (Wildman–Crippen LogP) is 3.04. The van der Waals surface area contributed by atoms with Crippen molar-refractivity contribution in [2.45, 2.75) is 67.2 Å². The van der Waals surface area contributed by atoms with Crippen molar-refractivity contribution in [1.29, 1.82) is 0 Å². The third-order valence-electron chi connectivity index (χ3n) is 5.65. The molecule has 2 aromatic carbocycles. The first kappa shape index (κ1) is 21.5. The molecule has 0 bridgehead atoms. The van der Waals surface area contributed by atoms with Crippen LogP contribution in [0.5, 0.6) is 5.75 Å². The summed E-state index contributed by atoms with van der Waals surface area (Å²) >= 11 is 0. The van der Waals surface area contributed by atoms with Gasteiger partial charge in [0.25, 0.3) is 0 Å². The lowest BCUT2D eigenvalue weighted by Crippen LogP contribution is -2.66. The zero-order valence-electron chi connectivity index (χ0n) is 17.6. The molecule has 0 aromatic heterocycles. The van der Waals surface area contributed by atoms with Crippen LogP contribution in [0.4, 0.5) is 0 Å². The molecule has 4 rings (SSSR count). The molecule has 0 aliphatic carbocycles. The molecule has 1 N–H and O–H groups in total. The van der Waals surface area contributed by atoms with E-state index in [1.165, 1.54) is 0 Å². The van der Waals surface area contributed by atoms with E-state index in [0.29, 0.717) is 4.90 Å². The molecule has 30 heavy (non-hydrogen) atoms. The molecule has 2 aromatic rings. The summed E-state index contributed by atoms with van der Waals surface area (Å²) in [6.07, 6.45) is -1.33. The minimum atomic E-state index is -1.61. The standard InChI is InChI=1S/C23H28O6S/c1-15-19-20(29-22(2,3)28-19)23(24,14-16-10-12-17(26-4)13-11-16)21(27-15)30(25)18-8-6-5-7-9-18/h5-13,15,19-21,24H,14H2,1-4H3/t15-,19+,20+,21?,23-,30?/m0/s1. The Kier molecular flexibility index (Phi) is 5.76. The van der Waals surface area contributed by atoms with Crippen molar-refractivity contribution in [3.8, 4) is 5.75 Å². The van der Waals surface area contributed by atoms with E-state index in [9.17, 15) is 9.32 Å². The van der Waals surface area contributed by atoms with E-state index in [-0.39, 0.29) is 12.5 Å². The Morgan fingerprint density at radius 1 is 1.07 bits per heavy atom. The molecule has 7 heteroatoms. The van der Waals surface area contributed by atoms with Gasteiger partial charge in [0.1, 0.15) is 23.6 Å². The first-order chi connectivity index (χ1) is 14.2. The lowest BCUT2D eigenvalue weighted by atomic mass is 9.83. The number of benzene rings is 2. The van der Waals surface area contributed by atoms with Gasteiger partial charge in [0.05, 0.1) is 24.0 Å². The van der Waals surface area contributed by atoms with Crippen molar-refractivity contribution in [3.05, 3.63) is 60.2 Å². The van der Waals surface area contributed by atoms with E-state index in [4.69, 9.17) is 18.9 Å². The molecule has 162 valence electrons. The van der Waals surface area contributed by atoms with Gasteiger partial charge in [-0.2, -0.15) is 0 Å². The summed E-state index contributed by atoms with van der Waals surface area (Å²) in [6.45, 7) is 5.49. The predicted molar refractivity (Wildman–Crippen MR) is 113 cm³/mol. The molecule has 0 amide bonds. The van der Waals surface area contributed by atoms with E-state index in [1.807, 2.05) is 63.2 Å². The number of hydrogen-bond acceptors (Lipinski definition) is 6. The first-order valence-electron chi connectivity index (χ1n) is 10.1. The summed E-state index contributed by atoms with van der Waals surface area (Å²) < 4.78 is 37.1. The van der Waals surface area contributed by atoms with Gasteiger partial charge in [0, 0.05) is 11.3 Å². The lowest BCUT2D eigenvalue weighted by molar-refractivity contribution is -0.211. The highest BCUT2D eigenvalue weighted by Crippen LogP contribution is 2.45. The molecule has 2 unspecified atom stereocenters. The molecule has 2 saturated heterocycles. The summed E-state index contributed by atoms with van der Waals surface area (Å²) in [5, 5.41) is 12.0. The molecule has 0 spiro atoms. The normalized spacial score (nSPS) is 33.6. The lowest BCUT2D eigenvalue weighted by Gasteiger charge is -2.47. The van der Waals surface area contributed by atoms with Gasteiger partial charge in [-0.3, -0.25) is 4.21 Å². The molecule has 6 atom stereocenters. The minimum Gasteiger partial charge on any atom is -0.497 e. The fourth-order valence-corrected chi connectivity index (χ4v) is 5.75. The summed E-state index contributed by atoms with van der Waals surface area (Å²) in [6, 6.07) is 16.5. The van der Waals surface area contributed by atoms with Crippen molar-refractivity contribution in [2.75, 3.05) is 7.11 Å². The quantitative estimate of drug-likeness (QED) is 0.783. The van der Waals surface area contributed by atoms with Crippen molar-refractivity contribution in [3.63, 3.8) is 0 Å². The number of hydrogen-bond donors (Lipinski definition) is 1. The molecule has 2 aliphatic heterocycles. The average molecular weight is 433 g/mol. The molecule has 2 heterocycles. The van der Waals surface area contributed by atoms with Crippen molar-refractivity contribution < 1.29 is 28.3 Å². The van der Waals surface area contributed by atoms with Gasteiger partial charge in [-0.05, 0) is 50.6 Å². The van der Waals surface area contributed by atoms with Crippen molar-refractivity contribution in [2.24, 2.45) is 0 Å². The summed E-state index contributed by atoms with van der Waals surface area (Å²) in [4.78, 5) is 0.597. The zero-order valence-corrected chi connectivity index (χ0v) is 18.4. The topological polar surface area (TPSA) is 74.2 Å². The van der Waals surface area contributed by atoms with E-state index in [0.717, 1.165) is 11.3 Å². The highest BCUT2D eigenvalue weighted by atomic mass is 32.2. The molecule has 0 radical (unpaired) electrons. The third kappa shape index (κ3) is 3.92. The fourth-order valence-electron chi connectivity index (χ4n) is 4.21. The monoisotopic (exact) mass is 432 g/mol. The molecular weight excluding hydrogens is 404 g/mol. The van der Waals surface area contributed by atoms with Gasteiger partial charge >= 0.3 is 0 Å². The zero-order chi connectivity index (χ0) is 21.5. The maximum atomic E-state index is 13.5. The molecule has 0 saturated carbocycles. The van der Waals surface area contributed by atoms with Crippen LogP contribution in [-0.4, -0.2) is 51.6 Å². The molecule has 2 fully saturated rings. The van der Waals surface area contributed by atoms with E-state index in [1.54, 1.807) is 19.2 Å². The average Bonchev–Trinajstić information content (AvgIpc) is 3.08. The van der Waals surface area contributed by atoms with Crippen LogP contribution in [0.15, 0.2) is 59.5 Å².